The van der Waals surface area contributed by atoms with Crippen molar-refractivity contribution in [3.05, 3.63) is 41.3 Å². The smallest absolute Gasteiger partial charge is 0.143 e. The van der Waals surface area contributed by atoms with Crippen LogP contribution in [0.25, 0.3) is 11.0 Å². The molecule has 0 aliphatic rings. The van der Waals surface area contributed by atoms with E-state index >= 15 is 0 Å². The summed E-state index contributed by atoms with van der Waals surface area (Å²) in [4.78, 5) is 11.7. The number of H-pyrrole nitrogens is 1. The van der Waals surface area contributed by atoms with Gasteiger partial charge in [-0.2, -0.15) is 0 Å². The van der Waals surface area contributed by atoms with Gasteiger partial charge in [-0.15, -0.1) is 0 Å². The number of hydrogen-bond acceptors (Lipinski definition) is 4. The fraction of sp³-hybridized carbons (Fsp3) is 0.250. The largest absolute Gasteiger partial charge is 0.495 e. The van der Waals surface area contributed by atoms with Crippen LogP contribution in [0.15, 0.2) is 24.7 Å². The number of methoxy groups -OCH3 is 1. The Morgan fingerprint density at radius 2 is 1.81 bits per heavy atom. The van der Waals surface area contributed by atoms with Crippen LogP contribution in [0, 0.1) is 20.8 Å². The van der Waals surface area contributed by atoms with E-state index in [4.69, 9.17) is 4.74 Å². The van der Waals surface area contributed by atoms with E-state index in [-0.39, 0.29) is 0 Å². The van der Waals surface area contributed by atoms with Crippen molar-refractivity contribution < 1.29 is 4.74 Å². The van der Waals surface area contributed by atoms with E-state index in [1.165, 1.54) is 11.1 Å². The van der Waals surface area contributed by atoms with E-state index in [2.05, 4.69) is 40.2 Å². The fourth-order valence-electron chi connectivity index (χ4n) is 2.40. The third kappa shape index (κ3) is 2.31. The van der Waals surface area contributed by atoms with E-state index in [0.717, 1.165) is 33.9 Å². The Bertz CT molecular complexity index is 807. The zero-order valence-corrected chi connectivity index (χ0v) is 12.6. The van der Waals surface area contributed by atoms with Gasteiger partial charge in [-0.1, -0.05) is 0 Å². The molecule has 5 heteroatoms. The van der Waals surface area contributed by atoms with Gasteiger partial charge in [0.25, 0.3) is 0 Å². The predicted octanol–water partition coefficient (Wildman–Crippen LogP) is 3.64. The SMILES string of the molecule is COc1cc(C)c(C)cc1Nc1ncnc2[nH]cc(C)c12. The summed E-state index contributed by atoms with van der Waals surface area (Å²) in [5.74, 6) is 1.58. The molecule has 2 aromatic heterocycles. The van der Waals surface area contributed by atoms with Crippen LogP contribution in [-0.4, -0.2) is 22.1 Å². The Morgan fingerprint density at radius 3 is 2.57 bits per heavy atom. The second-order valence-electron chi connectivity index (χ2n) is 5.18. The van der Waals surface area contributed by atoms with Crippen LogP contribution >= 0.6 is 0 Å². The highest BCUT2D eigenvalue weighted by atomic mass is 16.5. The number of benzene rings is 1. The number of anilines is 2. The third-order valence-electron chi connectivity index (χ3n) is 3.74. The summed E-state index contributed by atoms with van der Waals surface area (Å²) >= 11 is 0. The van der Waals surface area contributed by atoms with Gasteiger partial charge in [-0.05, 0) is 49.6 Å². The normalized spacial score (nSPS) is 10.9. The number of hydrogen-bond donors (Lipinski definition) is 2. The zero-order valence-electron chi connectivity index (χ0n) is 12.6. The summed E-state index contributed by atoms with van der Waals surface area (Å²) in [5.41, 5.74) is 5.24. The molecule has 1 aromatic carbocycles. The molecule has 0 radical (unpaired) electrons. The molecule has 0 bridgehead atoms. The van der Waals surface area contributed by atoms with E-state index in [1.807, 2.05) is 19.2 Å². The fourth-order valence-corrected chi connectivity index (χ4v) is 2.40. The minimum atomic E-state index is 0.778. The lowest BCUT2D eigenvalue weighted by Crippen LogP contribution is -1.99. The number of nitrogens with one attached hydrogen (secondary N) is 2. The molecule has 2 N–H and O–H groups in total. The number of nitrogens with zero attached hydrogens (tertiary/aromatic N) is 2. The Balaban J connectivity index is 2.10. The first-order valence-corrected chi connectivity index (χ1v) is 6.81. The second kappa shape index (κ2) is 5.09. The van der Waals surface area contributed by atoms with Crippen LogP contribution in [0.1, 0.15) is 16.7 Å². The predicted molar refractivity (Wildman–Crippen MR) is 84.4 cm³/mol. The maximum Gasteiger partial charge on any atom is 0.143 e. The number of aromatic nitrogens is 3. The number of ether oxygens (including phenoxy) is 1. The molecule has 0 saturated carbocycles. The van der Waals surface area contributed by atoms with Crippen LogP contribution in [0.5, 0.6) is 5.75 Å². The van der Waals surface area contributed by atoms with E-state index < -0.39 is 0 Å². The summed E-state index contributed by atoms with van der Waals surface area (Å²) in [5, 5.41) is 4.36. The summed E-state index contributed by atoms with van der Waals surface area (Å²) in [6.07, 6.45) is 3.48. The number of rotatable bonds is 3. The molecule has 21 heavy (non-hydrogen) atoms. The lowest BCUT2D eigenvalue weighted by Gasteiger charge is -2.14. The number of aromatic amines is 1. The van der Waals surface area contributed by atoms with Gasteiger partial charge in [-0.25, -0.2) is 9.97 Å². The molecule has 0 amide bonds. The zero-order chi connectivity index (χ0) is 15.0. The molecule has 0 aliphatic carbocycles. The van der Waals surface area contributed by atoms with Gasteiger partial charge in [0.05, 0.1) is 18.2 Å². The van der Waals surface area contributed by atoms with E-state index in [1.54, 1.807) is 13.4 Å². The van der Waals surface area contributed by atoms with Crippen LogP contribution in [0.2, 0.25) is 0 Å². The van der Waals surface area contributed by atoms with Gasteiger partial charge in [-0.3, -0.25) is 0 Å². The highest BCUT2D eigenvalue weighted by Gasteiger charge is 2.11. The molecule has 0 aliphatic heterocycles. The second-order valence-corrected chi connectivity index (χ2v) is 5.18. The van der Waals surface area contributed by atoms with Gasteiger partial charge in [0.2, 0.25) is 0 Å². The monoisotopic (exact) mass is 282 g/mol. The Kier molecular flexibility index (Phi) is 3.25. The van der Waals surface area contributed by atoms with Crippen molar-refractivity contribution in [1.82, 2.24) is 15.0 Å². The average Bonchev–Trinajstić information content (AvgIpc) is 2.85. The van der Waals surface area contributed by atoms with E-state index in [0.29, 0.717) is 0 Å². The van der Waals surface area contributed by atoms with Gasteiger partial charge in [0.1, 0.15) is 23.5 Å². The van der Waals surface area contributed by atoms with Crippen molar-refractivity contribution in [2.75, 3.05) is 12.4 Å². The van der Waals surface area contributed by atoms with Crippen molar-refractivity contribution in [1.29, 1.82) is 0 Å². The summed E-state index contributed by atoms with van der Waals surface area (Å²) in [7, 11) is 1.67. The lowest BCUT2D eigenvalue weighted by molar-refractivity contribution is 0.416. The molecular formula is C16H18N4O. The molecule has 108 valence electrons. The van der Waals surface area contributed by atoms with Crippen molar-refractivity contribution in [3.8, 4) is 5.75 Å². The standard InChI is InChI=1S/C16H18N4O/c1-9-5-12(13(21-4)6-10(9)2)20-16-14-11(3)7-17-15(14)18-8-19-16/h5-8H,1-4H3,(H2,17,18,19,20). The molecule has 3 aromatic rings. The lowest BCUT2D eigenvalue weighted by atomic mass is 10.1. The van der Waals surface area contributed by atoms with Crippen molar-refractivity contribution in [2.45, 2.75) is 20.8 Å². The van der Waals surface area contributed by atoms with Crippen molar-refractivity contribution in [3.63, 3.8) is 0 Å². The minimum Gasteiger partial charge on any atom is -0.495 e. The third-order valence-corrected chi connectivity index (χ3v) is 3.74. The first-order valence-electron chi connectivity index (χ1n) is 6.81. The van der Waals surface area contributed by atoms with Crippen LogP contribution in [0.4, 0.5) is 11.5 Å². The molecule has 2 heterocycles. The van der Waals surface area contributed by atoms with Crippen LogP contribution < -0.4 is 10.1 Å². The quantitative estimate of drug-likeness (QED) is 0.770. The molecular weight excluding hydrogens is 264 g/mol. The molecule has 5 nitrogen and oxygen atoms in total. The van der Waals surface area contributed by atoms with Crippen molar-refractivity contribution >= 4 is 22.5 Å². The summed E-state index contributed by atoms with van der Waals surface area (Å²) < 4.78 is 5.46. The van der Waals surface area contributed by atoms with E-state index in [9.17, 15) is 0 Å². The highest BCUT2D eigenvalue weighted by molar-refractivity contribution is 5.92. The number of aryl methyl sites for hydroxylation is 3. The molecule has 0 unspecified atom stereocenters. The number of fused-ring (bicyclic) bond motifs is 1. The van der Waals surface area contributed by atoms with Crippen molar-refractivity contribution in [2.24, 2.45) is 0 Å². The average molecular weight is 282 g/mol. The van der Waals surface area contributed by atoms with Crippen LogP contribution in [-0.2, 0) is 0 Å². The van der Waals surface area contributed by atoms with Gasteiger partial charge in [0.15, 0.2) is 0 Å². The molecule has 0 saturated heterocycles. The molecule has 0 spiro atoms. The maximum absolute atomic E-state index is 5.46. The Hall–Kier alpha value is -2.56. The summed E-state index contributed by atoms with van der Waals surface area (Å²) in [6.45, 7) is 6.18. The van der Waals surface area contributed by atoms with Gasteiger partial charge in [0, 0.05) is 6.20 Å². The molecule has 0 fully saturated rings. The Labute approximate surface area is 123 Å². The first-order chi connectivity index (χ1) is 10.1. The Morgan fingerprint density at radius 1 is 1.05 bits per heavy atom. The van der Waals surface area contributed by atoms with Gasteiger partial charge >= 0.3 is 0 Å². The van der Waals surface area contributed by atoms with Crippen LogP contribution in [0.3, 0.4) is 0 Å². The minimum absolute atomic E-state index is 0.778. The van der Waals surface area contributed by atoms with Gasteiger partial charge < -0.3 is 15.0 Å². The molecule has 0 atom stereocenters. The summed E-state index contributed by atoms with van der Waals surface area (Å²) in [6, 6.07) is 4.10. The molecule has 3 rings (SSSR count). The maximum atomic E-state index is 5.46. The highest BCUT2D eigenvalue weighted by Crippen LogP contribution is 2.32. The first kappa shape index (κ1) is 13.4. The topological polar surface area (TPSA) is 62.8 Å².